The van der Waals surface area contributed by atoms with Crippen molar-refractivity contribution in [2.75, 3.05) is 18.8 Å². The number of hydrogen-bond donors (Lipinski definition) is 3. The molecule has 1 aromatic heterocycles. The van der Waals surface area contributed by atoms with Crippen LogP contribution in [0.5, 0.6) is 0 Å². The molecule has 0 unspecified atom stereocenters. The standard InChI is InChI=1S/C13H22N4O3S/c1-13(2,3)21(19,20)7-6-15-12(18)11-9-8-14-5-4-10(9)16-17-11/h14H,4-8H2,1-3H3,(H,15,18)(H,16,17). The minimum atomic E-state index is -3.23. The summed E-state index contributed by atoms with van der Waals surface area (Å²) in [6, 6.07) is 0. The number of amides is 1. The number of aromatic amines is 1. The van der Waals surface area contributed by atoms with E-state index >= 15 is 0 Å². The summed E-state index contributed by atoms with van der Waals surface area (Å²) in [5, 5.41) is 12.7. The summed E-state index contributed by atoms with van der Waals surface area (Å²) < 4.78 is 23.1. The third kappa shape index (κ3) is 3.44. The minimum absolute atomic E-state index is 0.0763. The normalized spacial score (nSPS) is 15.6. The van der Waals surface area contributed by atoms with Crippen molar-refractivity contribution in [3.8, 4) is 0 Å². The van der Waals surface area contributed by atoms with E-state index in [1.54, 1.807) is 20.8 Å². The Hall–Kier alpha value is -1.41. The van der Waals surface area contributed by atoms with E-state index in [9.17, 15) is 13.2 Å². The molecule has 2 rings (SSSR count). The van der Waals surface area contributed by atoms with Gasteiger partial charge in [0.15, 0.2) is 15.5 Å². The van der Waals surface area contributed by atoms with Crippen LogP contribution >= 0.6 is 0 Å². The fourth-order valence-corrected chi connectivity index (χ4v) is 3.09. The molecule has 0 saturated heterocycles. The van der Waals surface area contributed by atoms with Gasteiger partial charge >= 0.3 is 0 Å². The van der Waals surface area contributed by atoms with Crippen LogP contribution in [0.15, 0.2) is 0 Å². The smallest absolute Gasteiger partial charge is 0.272 e. The lowest BCUT2D eigenvalue weighted by atomic mass is 10.1. The molecule has 3 N–H and O–H groups in total. The molecule has 21 heavy (non-hydrogen) atoms. The maximum Gasteiger partial charge on any atom is 0.272 e. The number of H-pyrrole nitrogens is 1. The van der Waals surface area contributed by atoms with Gasteiger partial charge in [-0.2, -0.15) is 5.10 Å². The third-order valence-electron chi connectivity index (χ3n) is 3.61. The molecule has 0 aliphatic carbocycles. The Morgan fingerprint density at radius 1 is 1.38 bits per heavy atom. The zero-order chi connectivity index (χ0) is 15.7. The van der Waals surface area contributed by atoms with Crippen LogP contribution in [0.3, 0.4) is 0 Å². The number of rotatable bonds is 4. The molecule has 2 heterocycles. The molecule has 0 fully saturated rings. The molecular weight excluding hydrogens is 292 g/mol. The highest BCUT2D eigenvalue weighted by Gasteiger charge is 2.29. The van der Waals surface area contributed by atoms with Gasteiger partial charge in [0.2, 0.25) is 0 Å². The van der Waals surface area contributed by atoms with Crippen LogP contribution in [-0.4, -0.2) is 48.1 Å². The van der Waals surface area contributed by atoms with E-state index in [-0.39, 0.29) is 18.2 Å². The van der Waals surface area contributed by atoms with Crippen molar-refractivity contribution in [1.29, 1.82) is 0 Å². The van der Waals surface area contributed by atoms with Crippen molar-refractivity contribution < 1.29 is 13.2 Å². The van der Waals surface area contributed by atoms with E-state index in [4.69, 9.17) is 0 Å². The number of carbonyl (C=O) groups is 1. The Morgan fingerprint density at radius 3 is 2.76 bits per heavy atom. The molecule has 0 spiro atoms. The maximum atomic E-state index is 12.1. The summed E-state index contributed by atoms with van der Waals surface area (Å²) in [6.07, 6.45) is 0.814. The second kappa shape index (κ2) is 5.76. The van der Waals surface area contributed by atoms with E-state index in [0.717, 1.165) is 24.2 Å². The summed E-state index contributed by atoms with van der Waals surface area (Å²) in [5.41, 5.74) is 2.20. The summed E-state index contributed by atoms with van der Waals surface area (Å²) in [6.45, 7) is 6.52. The first-order valence-corrected chi connectivity index (χ1v) is 8.65. The lowest BCUT2D eigenvalue weighted by Gasteiger charge is -2.19. The van der Waals surface area contributed by atoms with Crippen LogP contribution < -0.4 is 10.6 Å². The van der Waals surface area contributed by atoms with Gasteiger partial charge < -0.3 is 10.6 Å². The van der Waals surface area contributed by atoms with E-state index < -0.39 is 14.6 Å². The zero-order valence-electron chi connectivity index (χ0n) is 12.6. The number of nitrogens with zero attached hydrogens (tertiary/aromatic N) is 1. The SMILES string of the molecule is CC(C)(C)S(=O)(=O)CCNC(=O)c1n[nH]c2c1CNCC2. The lowest BCUT2D eigenvalue weighted by Crippen LogP contribution is -2.37. The second-order valence-corrected chi connectivity index (χ2v) is 9.01. The van der Waals surface area contributed by atoms with Gasteiger partial charge in [0.05, 0.1) is 10.5 Å². The predicted octanol–water partition coefficient (Wildman–Crippen LogP) is -0.00150. The first-order chi connectivity index (χ1) is 9.72. The topological polar surface area (TPSA) is 104 Å². The van der Waals surface area contributed by atoms with Crippen LogP contribution in [0.4, 0.5) is 0 Å². The molecule has 1 aliphatic rings. The van der Waals surface area contributed by atoms with Crippen LogP contribution in [0.2, 0.25) is 0 Å². The summed E-state index contributed by atoms with van der Waals surface area (Å²) in [7, 11) is -3.23. The molecule has 0 saturated carbocycles. The number of aromatic nitrogens is 2. The Bertz CT molecular complexity index is 628. The second-order valence-electron chi connectivity index (χ2n) is 6.14. The maximum absolute atomic E-state index is 12.1. The van der Waals surface area contributed by atoms with Crippen molar-refractivity contribution in [3.63, 3.8) is 0 Å². The van der Waals surface area contributed by atoms with Crippen molar-refractivity contribution in [1.82, 2.24) is 20.8 Å². The highest BCUT2D eigenvalue weighted by Crippen LogP contribution is 2.16. The number of sulfone groups is 1. The van der Waals surface area contributed by atoms with Crippen molar-refractivity contribution >= 4 is 15.7 Å². The summed E-state index contributed by atoms with van der Waals surface area (Å²) in [5.74, 6) is -0.409. The molecule has 0 radical (unpaired) electrons. The van der Waals surface area contributed by atoms with Gasteiger partial charge in [0.1, 0.15) is 0 Å². The highest BCUT2D eigenvalue weighted by molar-refractivity contribution is 7.92. The van der Waals surface area contributed by atoms with Crippen LogP contribution in [0.25, 0.3) is 0 Å². The van der Waals surface area contributed by atoms with E-state index in [0.29, 0.717) is 12.2 Å². The molecular formula is C13H22N4O3S. The van der Waals surface area contributed by atoms with Gasteiger partial charge in [0.25, 0.3) is 5.91 Å². The first kappa shape index (κ1) is 16.0. The number of fused-ring (bicyclic) bond motifs is 1. The summed E-state index contributed by atoms with van der Waals surface area (Å²) >= 11 is 0. The molecule has 0 aromatic carbocycles. The Morgan fingerprint density at radius 2 is 2.10 bits per heavy atom. The average Bonchev–Trinajstić information content (AvgIpc) is 2.80. The zero-order valence-corrected chi connectivity index (χ0v) is 13.4. The van der Waals surface area contributed by atoms with Crippen LogP contribution in [0, 0.1) is 0 Å². The molecule has 8 heteroatoms. The largest absolute Gasteiger partial charge is 0.350 e. The first-order valence-electron chi connectivity index (χ1n) is 7.00. The molecule has 118 valence electrons. The van der Waals surface area contributed by atoms with Crippen LogP contribution in [-0.2, 0) is 22.8 Å². The number of hydrogen-bond acceptors (Lipinski definition) is 5. The molecule has 1 aliphatic heterocycles. The van der Waals surface area contributed by atoms with Gasteiger partial charge in [-0.1, -0.05) is 0 Å². The fraction of sp³-hybridized carbons (Fsp3) is 0.692. The molecule has 0 bridgehead atoms. The molecule has 1 amide bonds. The van der Waals surface area contributed by atoms with Gasteiger partial charge in [-0.15, -0.1) is 0 Å². The monoisotopic (exact) mass is 314 g/mol. The van der Waals surface area contributed by atoms with Gasteiger partial charge in [0, 0.05) is 37.3 Å². The summed E-state index contributed by atoms with van der Waals surface area (Å²) in [4.78, 5) is 12.1. The fourth-order valence-electron chi connectivity index (χ4n) is 2.10. The Labute approximate surface area is 124 Å². The highest BCUT2D eigenvalue weighted by atomic mass is 32.2. The number of nitrogens with one attached hydrogen (secondary N) is 3. The van der Waals surface area contributed by atoms with Crippen molar-refractivity contribution in [3.05, 3.63) is 17.0 Å². The molecule has 7 nitrogen and oxygen atoms in total. The van der Waals surface area contributed by atoms with E-state index in [1.165, 1.54) is 0 Å². The third-order valence-corrected chi connectivity index (χ3v) is 6.22. The predicted molar refractivity (Wildman–Crippen MR) is 79.9 cm³/mol. The van der Waals surface area contributed by atoms with Gasteiger partial charge in [-0.25, -0.2) is 8.42 Å². The van der Waals surface area contributed by atoms with Gasteiger partial charge in [-0.05, 0) is 20.8 Å². The molecule has 1 aromatic rings. The van der Waals surface area contributed by atoms with E-state index in [1.807, 2.05) is 0 Å². The van der Waals surface area contributed by atoms with E-state index in [2.05, 4.69) is 20.8 Å². The van der Waals surface area contributed by atoms with Crippen LogP contribution in [0.1, 0.15) is 42.5 Å². The quantitative estimate of drug-likeness (QED) is 0.725. The van der Waals surface area contributed by atoms with Crippen molar-refractivity contribution in [2.45, 2.75) is 38.5 Å². The minimum Gasteiger partial charge on any atom is -0.350 e. The Balaban J connectivity index is 1.96. The lowest BCUT2D eigenvalue weighted by molar-refractivity contribution is 0.0950. The molecule has 0 atom stereocenters. The Kier molecular flexibility index (Phi) is 4.38. The average molecular weight is 314 g/mol. The van der Waals surface area contributed by atoms with Crippen molar-refractivity contribution in [2.24, 2.45) is 0 Å². The number of carbonyl (C=O) groups excluding carboxylic acids is 1. The van der Waals surface area contributed by atoms with Gasteiger partial charge in [-0.3, -0.25) is 9.89 Å².